The first-order valence-corrected chi connectivity index (χ1v) is 6.00. The molecule has 1 saturated carbocycles. The first-order chi connectivity index (χ1) is 7.57. The molecule has 0 amide bonds. The Morgan fingerprint density at radius 1 is 1.44 bits per heavy atom. The van der Waals surface area contributed by atoms with Gasteiger partial charge in [-0.2, -0.15) is 0 Å². The van der Waals surface area contributed by atoms with Crippen LogP contribution in [0.4, 0.5) is 8.78 Å². The lowest BCUT2D eigenvalue weighted by Gasteiger charge is -2.33. The molecule has 0 aromatic carbocycles. The summed E-state index contributed by atoms with van der Waals surface area (Å²) in [6.45, 7) is 0. The summed E-state index contributed by atoms with van der Waals surface area (Å²) in [5, 5.41) is 0. The molecule has 1 aliphatic carbocycles. The lowest BCUT2D eigenvalue weighted by atomic mass is 9.79. The second-order valence-corrected chi connectivity index (χ2v) is 5.02. The Kier molecular flexibility index (Phi) is 2.17. The second-order valence-electron chi connectivity index (χ2n) is 4.06. The van der Waals surface area contributed by atoms with E-state index in [1.54, 1.807) is 18.6 Å². The predicted octanol–water partition coefficient (Wildman–Crippen LogP) is 2.85. The highest BCUT2D eigenvalue weighted by molar-refractivity contribution is 14.1. The largest absolute Gasteiger partial charge is 0.292 e. The maximum atomic E-state index is 12.8. The van der Waals surface area contributed by atoms with E-state index in [0.29, 0.717) is 0 Å². The summed E-state index contributed by atoms with van der Waals surface area (Å²) >= 11 is 2.10. The van der Waals surface area contributed by atoms with E-state index in [0.717, 1.165) is 15.0 Å². The number of nitrogens with zero attached hydrogens (tertiary/aromatic N) is 3. The van der Waals surface area contributed by atoms with Crippen LogP contribution in [0.1, 0.15) is 24.5 Å². The highest BCUT2D eigenvalue weighted by atomic mass is 127. The van der Waals surface area contributed by atoms with Gasteiger partial charge in [0, 0.05) is 53.7 Å². The number of halogens is 3. The molecule has 2 aromatic heterocycles. The first-order valence-electron chi connectivity index (χ1n) is 4.92. The number of alkyl halides is 2. The van der Waals surface area contributed by atoms with Gasteiger partial charge in [-0.25, -0.2) is 13.8 Å². The summed E-state index contributed by atoms with van der Waals surface area (Å²) < 4.78 is 28.3. The highest BCUT2D eigenvalue weighted by Crippen LogP contribution is 2.48. The molecule has 2 aromatic rings. The van der Waals surface area contributed by atoms with Crippen LogP contribution in [0.3, 0.4) is 0 Å². The molecule has 0 unspecified atom stereocenters. The van der Waals surface area contributed by atoms with Gasteiger partial charge in [-0.05, 0) is 0 Å². The summed E-state index contributed by atoms with van der Waals surface area (Å²) in [6.07, 6.45) is 4.96. The van der Waals surface area contributed by atoms with Crippen LogP contribution in [0.5, 0.6) is 0 Å². The lowest BCUT2D eigenvalue weighted by molar-refractivity contribution is -0.0872. The number of hydrogen-bond donors (Lipinski definition) is 0. The van der Waals surface area contributed by atoms with E-state index >= 15 is 0 Å². The zero-order valence-corrected chi connectivity index (χ0v) is 10.4. The van der Waals surface area contributed by atoms with E-state index in [4.69, 9.17) is 0 Å². The topological polar surface area (TPSA) is 30.2 Å². The SMILES string of the molecule is FC1(F)CC(c2nc(I)n3ccncc23)C1. The number of rotatable bonds is 1. The summed E-state index contributed by atoms with van der Waals surface area (Å²) in [4.78, 5) is 8.37. The van der Waals surface area contributed by atoms with E-state index in [-0.39, 0.29) is 18.8 Å². The lowest BCUT2D eigenvalue weighted by Crippen LogP contribution is -2.33. The van der Waals surface area contributed by atoms with E-state index in [9.17, 15) is 8.78 Å². The van der Waals surface area contributed by atoms with Gasteiger partial charge >= 0.3 is 0 Å². The fourth-order valence-corrected chi connectivity index (χ4v) is 2.76. The maximum absolute atomic E-state index is 12.8. The zero-order valence-electron chi connectivity index (χ0n) is 8.20. The van der Waals surface area contributed by atoms with Crippen molar-refractivity contribution >= 4 is 28.1 Å². The van der Waals surface area contributed by atoms with Gasteiger partial charge < -0.3 is 0 Å². The van der Waals surface area contributed by atoms with Gasteiger partial charge in [0.05, 0.1) is 17.4 Å². The molecule has 84 valence electrons. The minimum Gasteiger partial charge on any atom is -0.292 e. The van der Waals surface area contributed by atoms with Crippen molar-refractivity contribution in [1.29, 1.82) is 0 Å². The van der Waals surface area contributed by atoms with Crippen molar-refractivity contribution in [1.82, 2.24) is 14.4 Å². The van der Waals surface area contributed by atoms with Gasteiger partial charge in [-0.3, -0.25) is 9.38 Å². The second kappa shape index (κ2) is 3.35. The molecule has 3 nitrogen and oxygen atoms in total. The fraction of sp³-hybridized carbons (Fsp3) is 0.400. The summed E-state index contributed by atoms with van der Waals surface area (Å²) in [5.74, 6) is -2.63. The van der Waals surface area contributed by atoms with Crippen LogP contribution in [-0.4, -0.2) is 20.3 Å². The van der Waals surface area contributed by atoms with E-state index < -0.39 is 5.92 Å². The fourth-order valence-electron chi connectivity index (χ4n) is 2.08. The van der Waals surface area contributed by atoms with Gasteiger partial charge in [0.15, 0.2) is 3.83 Å². The molecule has 0 bridgehead atoms. The minimum atomic E-state index is -2.51. The molecule has 2 heterocycles. The zero-order chi connectivity index (χ0) is 11.3. The number of aromatic nitrogens is 3. The Morgan fingerprint density at radius 3 is 2.88 bits per heavy atom. The van der Waals surface area contributed by atoms with Gasteiger partial charge in [0.1, 0.15) is 0 Å². The molecular weight excluding hydrogens is 327 g/mol. The third-order valence-electron chi connectivity index (χ3n) is 2.91. The predicted molar refractivity (Wildman–Crippen MR) is 62.6 cm³/mol. The van der Waals surface area contributed by atoms with Crippen molar-refractivity contribution in [3.05, 3.63) is 28.1 Å². The molecule has 3 rings (SSSR count). The van der Waals surface area contributed by atoms with E-state index in [2.05, 4.69) is 32.6 Å². The monoisotopic (exact) mass is 335 g/mol. The van der Waals surface area contributed by atoms with Crippen LogP contribution in [0.25, 0.3) is 5.52 Å². The number of imidazole rings is 1. The Morgan fingerprint density at radius 2 is 2.19 bits per heavy atom. The Balaban J connectivity index is 2.05. The first kappa shape index (κ1) is 10.4. The highest BCUT2D eigenvalue weighted by Gasteiger charge is 2.47. The van der Waals surface area contributed by atoms with Crippen molar-refractivity contribution < 1.29 is 8.78 Å². The van der Waals surface area contributed by atoms with Crippen LogP contribution in [0.15, 0.2) is 18.6 Å². The summed E-state index contributed by atoms with van der Waals surface area (Å²) in [7, 11) is 0. The van der Waals surface area contributed by atoms with Crippen LogP contribution in [-0.2, 0) is 0 Å². The van der Waals surface area contributed by atoms with Crippen LogP contribution in [0, 0.1) is 3.83 Å². The van der Waals surface area contributed by atoms with Gasteiger partial charge in [0.25, 0.3) is 0 Å². The van der Waals surface area contributed by atoms with Crippen molar-refractivity contribution in [3.63, 3.8) is 0 Å². The molecule has 0 aliphatic heterocycles. The Labute approximate surface area is 104 Å². The quantitative estimate of drug-likeness (QED) is 0.751. The van der Waals surface area contributed by atoms with Crippen LogP contribution in [0.2, 0.25) is 0 Å². The standard InChI is InChI=1S/C10H8F2IN3/c11-10(12)3-6(4-10)8-7-5-14-1-2-16(7)9(13)15-8/h1-2,5-6H,3-4H2. The third kappa shape index (κ3) is 1.50. The molecule has 0 N–H and O–H groups in total. The number of fused-ring (bicyclic) bond motifs is 1. The molecule has 0 atom stereocenters. The van der Waals surface area contributed by atoms with Crippen LogP contribution >= 0.6 is 22.6 Å². The van der Waals surface area contributed by atoms with E-state index in [1.165, 1.54) is 0 Å². The van der Waals surface area contributed by atoms with Crippen molar-refractivity contribution in [2.75, 3.05) is 0 Å². The average Bonchev–Trinajstić information content (AvgIpc) is 2.53. The molecule has 0 spiro atoms. The maximum Gasteiger partial charge on any atom is 0.249 e. The Hall–Kier alpha value is -0.790. The van der Waals surface area contributed by atoms with Crippen LogP contribution < -0.4 is 0 Å². The summed E-state index contributed by atoms with van der Waals surface area (Å²) in [6, 6.07) is 0. The Bertz CT molecular complexity index is 544. The van der Waals surface area contributed by atoms with Crippen molar-refractivity contribution in [2.24, 2.45) is 0 Å². The third-order valence-corrected chi connectivity index (χ3v) is 3.67. The van der Waals surface area contributed by atoms with Gasteiger partial charge in [-0.15, -0.1) is 0 Å². The molecule has 16 heavy (non-hydrogen) atoms. The molecule has 0 radical (unpaired) electrons. The van der Waals surface area contributed by atoms with Crippen molar-refractivity contribution in [2.45, 2.75) is 24.7 Å². The molecule has 0 saturated heterocycles. The molecule has 1 aliphatic rings. The van der Waals surface area contributed by atoms with Gasteiger partial charge in [0.2, 0.25) is 5.92 Å². The smallest absolute Gasteiger partial charge is 0.249 e. The summed E-state index contributed by atoms with van der Waals surface area (Å²) in [5.41, 5.74) is 1.59. The van der Waals surface area contributed by atoms with Crippen molar-refractivity contribution in [3.8, 4) is 0 Å². The minimum absolute atomic E-state index is 0.0926. The normalized spacial score (nSPS) is 19.9. The molecule has 1 fully saturated rings. The number of hydrogen-bond acceptors (Lipinski definition) is 2. The molecular formula is C10H8F2IN3. The van der Waals surface area contributed by atoms with Gasteiger partial charge in [-0.1, -0.05) is 0 Å². The molecule has 6 heteroatoms. The van der Waals surface area contributed by atoms with E-state index in [1.807, 2.05) is 4.40 Å². The average molecular weight is 335 g/mol.